The highest BCUT2D eigenvalue weighted by atomic mass is 16.2. The zero-order valence-electron chi connectivity index (χ0n) is 22.5. The van der Waals surface area contributed by atoms with Crippen molar-refractivity contribution in [2.45, 2.75) is 34.6 Å². The fraction of sp³-hybridized carbons (Fsp3) is 0.152. The van der Waals surface area contributed by atoms with Gasteiger partial charge in [-0.1, -0.05) is 42.5 Å². The predicted octanol–water partition coefficient (Wildman–Crippen LogP) is 7.24. The maximum absolute atomic E-state index is 12.8. The second kappa shape index (κ2) is 10.4. The summed E-state index contributed by atoms with van der Waals surface area (Å²) in [5.41, 5.74) is 14.4. The largest absolute Gasteiger partial charge is 0.318 e. The van der Waals surface area contributed by atoms with Crippen molar-refractivity contribution in [3.05, 3.63) is 130 Å². The van der Waals surface area contributed by atoms with Crippen LogP contribution in [0.15, 0.2) is 96.1 Å². The SMILES string of the molecule is Cc1ccc(C)c(-n2c(C)cc(/C=N/NC(=O)c3ccc(-n4c(C)ccc4-c4ccccc4)cc3)c2C)c1. The molecule has 1 N–H and O–H groups in total. The van der Waals surface area contributed by atoms with Gasteiger partial charge in [-0.2, -0.15) is 5.10 Å². The van der Waals surface area contributed by atoms with E-state index in [1.54, 1.807) is 6.21 Å². The summed E-state index contributed by atoms with van der Waals surface area (Å²) in [5, 5.41) is 4.26. The molecule has 1 amide bonds. The number of hydrogen-bond acceptors (Lipinski definition) is 2. The van der Waals surface area contributed by atoms with Gasteiger partial charge in [0.25, 0.3) is 5.91 Å². The van der Waals surface area contributed by atoms with Gasteiger partial charge in [0.1, 0.15) is 0 Å². The molecule has 5 aromatic rings. The Morgan fingerprint density at radius 2 is 1.50 bits per heavy atom. The average Bonchev–Trinajstić information content (AvgIpc) is 3.44. The van der Waals surface area contributed by atoms with Crippen LogP contribution in [0.3, 0.4) is 0 Å². The molecule has 5 heteroatoms. The molecular weight excluding hydrogens is 468 g/mol. The lowest BCUT2D eigenvalue weighted by atomic mass is 10.1. The van der Waals surface area contributed by atoms with Gasteiger partial charge < -0.3 is 9.13 Å². The number of nitrogens with one attached hydrogen (secondary N) is 1. The molecule has 5 nitrogen and oxygen atoms in total. The minimum atomic E-state index is -0.247. The average molecular weight is 501 g/mol. The number of amides is 1. The Balaban J connectivity index is 1.32. The third-order valence-corrected chi connectivity index (χ3v) is 6.98. The number of hydrazone groups is 1. The highest BCUT2D eigenvalue weighted by Gasteiger charge is 2.13. The number of benzene rings is 3. The number of carbonyl (C=O) groups excluding carboxylic acids is 1. The van der Waals surface area contributed by atoms with Crippen LogP contribution in [0, 0.1) is 34.6 Å². The molecule has 0 unspecified atom stereocenters. The van der Waals surface area contributed by atoms with Crippen LogP contribution in [0.4, 0.5) is 0 Å². The maximum atomic E-state index is 12.8. The molecule has 0 bridgehead atoms. The van der Waals surface area contributed by atoms with Gasteiger partial charge in [0.2, 0.25) is 0 Å². The second-order valence-corrected chi connectivity index (χ2v) is 9.76. The van der Waals surface area contributed by atoms with Crippen LogP contribution >= 0.6 is 0 Å². The van der Waals surface area contributed by atoms with Crippen molar-refractivity contribution in [1.82, 2.24) is 14.6 Å². The van der Waals surface area contributed by atoms with Crippen LogP contribution in [-0.4, -0.2) is 21.3 Å². The summed E-state index contributed by atoms with van der Waals surface area (Å²) in [4.78, 5) is 12.8. The summed E-state index contributed by atoms with van der Waals surface area (Å²) in [7, 11) is 0. The molecule has 5 rings (SSSR count). The Morgan fingerprint density at radius 1 is 0.763 bits per heavy atom. The molecule has 0 saturated heterocycles. The summed E-state index contributed by atoms with van der Waals surface area (Å²) in [6.45, 7) is 10.5. The Hall–Kier alpha value is -4.64. The van der Waals surface area contributed by atoms with E-state index in [0.717, 1.165) is 45.3 Å². The molecule has 3 aromatic carbocycles. The fourth-order valence-electron chi connectivity index (χ4n) is 4.95. The van der Waals surface area contributed by atoms with Gasteiger partial charge in [-0.3, -0.25) is 4.79 Å². The lowest BCUT2D eigenvalue weighted by Crippen LogP contribution is -2.17. The first kappa shape index (κ1) is 25.0. The van der Waals surface area contributed by atoms with Gasteiger partial charge in [-0.05, 0) is 99.8 Å². The zero-order valence-corrected chi connectivity index (χ0v) is 22.5. The predicted molar refractivity (Wildman–Crippen MR) is 156 cm³/mol. The smallest absolute Gasteiger partial charge is 0.271 e. The van der Waals surface area contributed by atoms with E-state index >= 15 is 0 Å². The van der Waals surface area contributed by atoms with Gasteiger partial charge in [0, 0.05) is 39.6 Å². The zero-order chi connectivity index (χ0) is 26.8. The van der Waals surface area contributed by atoms with Crippen LogP contribution in [-0.2, 0) is 0 Å². The minimum Gasteiger partial charge on any atom is -0.318 e. The number of rotatable bonds is 6. The van der Waals surface area contributed by atoms with Crippen LogP contribution in [0.25, 0.3) is 22.6 Å². The third-order valence-electron chi connectivity index (χ3n) is 6.98. The molecule has 0 saturated carbocycles. The highest BCUT2D eigenvalue weighted by Crippen LogP contribution is 2.27. The van der Waals surface area contributed by atoms with Crippen molar-refractivity contribution in [1.29, 1.82) is 0 Å². The first-order valence-electron chi connectivity index (χ1n) is 12.8. The highest BCUT2D eigenvalue weighted by molar-refractivity contribution is 5.95. The standard InChI is InChI=1S/C33H32N4O/c1-22-11-12-23(2)32(19-22)36-25(4)20-29(26(36)5)21-34-35-33(38)28-14-16-30(17-15-28)37-24(3)13-18-31(37)27-9-7-6-8-10-27/h6-21H,1-5H3,(H,35,38)/b34-21+. The Bertz CT molecular complexity index is 1640. The molecule has 0 aliphatic rings. The molecule has 190 valence electrons. The summed E-state index contributed by atoms with van der Waals surface area (Å²) in [5.74, 6) is -0.247. The first-order chi connectivity index (χ1) is 18.3. The van der Waals surface area contributed by atoms with E-state index < -0.39 is 0 Å². The van der Waals surface area contributed by atoms with E-state index in [4.69, 9.17) is 0 Å². The molecule has 2 aromatic heterocycles. The summed E-state index contributed by atoms with van der Waals surface area (Å²) < 4.78 is 4.43. The van der Waals surface area contributed by atoms with Gasteiger partial charge in [-0.25, -0.2) is 5.43 Å². The van der Waals surface area contributed by atoms with Crippen molar-refractivity contribution < 1.29 is 4.79 Å². The van der Waals surface area contributed by atoms with Crippen LogP contribution in [0.2, 0.25) is 0 Å². The van der Waals surface area contributed by atoms with Gasteiger partial charge >= 0.3 is 0 Å². The summed E-state index contributed by atoms with van der Waals surface area (Å²) >= 11 is 0. The molecule has 0 spiro atoms. The van der Waals surface area contributed by atoms with E-state index in [2.05, 4.69) is 103 Å². The molecule has 38 heavy (non-hydrogen) atoms. The molecule has 0 atom stereocenters. The Kier molecular flexibility index (Phi) is 6.84. The van der Waals surface area contributed by atoms with E-state index in [1.165, 1.54) is 11.1 Å². The van der Waals surface area contributed by atoms with Crippen LogP contribution in [0.5, 0.6) is 0 Å². The number of hydrogen-bond donors (Lipinski definition) is 1. The molecule has 0 aliphatic carbocycles. The second-order valence-electron chi connectivity index (χ2n) is 9.76. The molecule has 0 fully saturated rings. The number of aromatic nitrogens is 2. The number of aryl methyl sites for hydroxylation is 4. The van der Waals surface area contributed by atoms with Gasteiger partial charge in [0.15, 0.2) is 0 Å². The van der Waals surface area contributed by atoms with E-state index in [1.807, 2.05) is 42.5 Å². The minimum absolute atomic E-state index is 0.247. The molecular formula is C33H32N4O. The van der Waals surface area contributed by atoms with Crippen molar-refractivity contribution in [2.75, 3.05) is 0 Å². The van der Waals surface area contributed by atoms with Gasteiger partial charge in [0.05, 0.1) is 11.9 Å². The van der Waals surface area contributed by atoms with E-state index in [-0.39, 0.29) is 5.91 Å². The lowest BCUT2D eigenvalue weighted by Gasteiger charge is -2.13. The summed E-state index contributed by atoms with van der Waals surface area (Å²) in [6.07, 6.45) is 1.71. The molecule has 0 radical (unpaired) electrons. The van der Waals surface area contributed by atoms with Crippen molar-refractivity contribution in [3.63, 3.8) is 0 Å². The summed E-state index contributed by atoms with van der Waals surface area (Å²) in [6, 6.07) is 30.7. The van der Waals surface area contributed by atoms with Crippen molar-refractivity contribution in [2.24, 2.45) is 5.10 Å². The molecule has 2 heterocycles. The fourth-order valence-corrected chi connectivity index (χ4v) is 4.95. The quantitative estimate of drug-likeness (QED) is 0.194. The van der Waals surface area contributed by atoms with Crippen LogP contribution < -0.4 is 5.43 Å². The maximum Gasteiger partial charge on any atom is 0.271 e. The Morgan fingerprint density at radius 3 is 2.24 bits per heavy atom. The number of nitrogens with zero attached hydrogens (tertiary/aromatic N) is 3. The topological polar surface area (TPSA) is 51.3 Å². The van der Waals surface area contributed by atoms with Gasteiger partial charge in [-0.15, -0.1) is 0 Å². The molecule has 0 aliphatic heterocycles. The van der Waals surface area contributed by atoms with E-state index in [9.17, 15) is 4.79 Å². The lowest BCUT2D eigenvalue weighted by molar-refractivity contribution is 0.0955. The monoisotopic (exact) mass is 500 g/mol. The first-order valence-corrected chi connectivity index (χ1v) is 12.8. The van der Waals surface area contributed by atoms with Crippen molar-refractivity contribution >= 4 is 12.1 Å². The number of carbonyl (C=O) groups is 1. The third kappa shape index (κ3) is 4.83. The van der Waals surface area contributed by atoms with E-state index in [0.29, 0.717) is 5.56 Å². The Labute approximate surface area is 224 Å². The normalized spacial score (nSPS) is 11.3. The van der Waals surface area contributed by atoms with Crippen LogP contribution in [0.1, 0.15) is 44.1 Å². The van der Waals surface area contributed by atoms with Crippen molar-refractivity contribution in [3.8, 4) is 22.6 Å².